The number of carbonyl (C=O) groups is 2. The van der Waals surface area contributed by atoms with E-state index in [1.807, 2.05) is 12.1 Å². The maximum absolute atomic E-state index is 13.2. The number of rotatable bonds is 6. The van der Waals surface area contributed by atoms with Crippen LogP contribution < -0.4 is 11.2 Å². The molecule has 0 aliphatic heterocycles. The predicted molar refractivity (Wildman–Crippen MR) is 82.8 cm³/mol. The Bertz CT molecular complexity index is 701. The van der Waals surface area contributed by atoms with Gasteiger partial charge in [0.25, 0.3) is 0 Å². The van der Waals surface area contributed by atoms with Crippen LogP contribution in [0.4, 0.5) is 4.39 Å². The smallest absolute Gasteiger partial charge is 0.244 e. The van der Waals surface area contributed by atoms with Crippen LogP contribution in [0.3, 0.4) is 0 Å². The maximum atomic E-state index is 13.2. The molecule has 0 radical (unpaired) electrons. The fourth-order valence-electron chi connectivity index (χ4n) is 2.33. The first-order valence-electron chi connectivity index (χ1n) is 7.06. The van der Waals surface area contributed by atoms with E-state index in [4.69, 9.17) is 10.9 Å². The number of nitrogens with two attached hydrogens (primary N) is 1. The van der Waals surface area contributed by atoms with Gasteiger partial charge in [-0.15, -0.1) is 0 Å². The van der Waals surface area contributed by atoms with E-state index in [9.17, 15) is 14.0 Å². The van der Waals surface area contributed by atoms with Crippen molar-refractivity contribution < 1.29 is 19.2 Å². The van der Waals surface area contributed by atoms with Gasteiger partial charge in [-0.2, -0.15) is 0 Å². The lowest BCUT2D eigenvalue weighted by Crippen LogP contribution is -2.31. The van der Waals surface area contributed by atoms with E-state index in [1.165, 1.54) is 17.6 Å². The highest BCUT2D eigenvalue weighted by Gasteiger charge is 2.19. The molecule has 23 heavy (non-hydrogen) atoms. The highest BCUT2D eigenvalue weighted by Crippen LogP contribution is 2.22. The van der Waals surface area contributed by atoms with Crippen molar-refractivity contribution in [3.63, 3.8) is 0 Å². The first-order valence-corrected chi connectivity index (χ1v) is 7.06. The van der Waals surface area contributed by atoms with E-state index in [2.05, 4.69) is 0 Å². The van der Waals surface area contributed by atoms with Gasteiger partial charge in [-0.3, -0.25) is 14.8 Å². The zero-order valence-corrected chi connectivity index (χ0v) is 12.3. The Labute approximate surface area is 132 Å². The second-order valence-electron chi connectivity index (χ2n) is 5.25. The number of primary amides is 1. The van der Waals surface area contributed by atoms with Crippen LogP contribution in [0.1, 0.15) is 12.0 Å². The van der Waals surface area contributed by atoms with E-state index in [0.29, 0.717) is 0 Å². The lowest BCUT2D eigenvalue weighted by Gasteiger charge is -2.12. The normalized spacial score (nSPS) is 11.7. The zero-order valence-electron chi connectivity index (χ0n) is 12.3. The molecule has 0 aliphatic carbocycles. The molecule has 0 aliphatic rings. The summed E-state index contributed by atoms with van der Waals surface area (Å²) in [7, 11) is 0. The average Bonchev–Trinajstić information content (AvgIpc) is 2.54. The number of amides is 2. The number of hydrogen-bond acceptors (Lipinski definition) is 3. The van der Waals surface area contributed by atoms with Gasteiger partial charge in [0.15, 0.2) is 0 Å². The Morgan fingerprint density at radius 2 is 1.83 bits per heavy atom. The fraction of sp³-hybridized carbons (Fsp3) is 0.176. The molecule has 4 N–H and O–H groups in total. The lowest BCUT2D eigenvalue weighted by molar-refractivity contribution is -0.133. The van der Waals surface area contributed by atoms with Crippen molar-refractivity contribution in [2.24, 2.45) is 11.7 Å². The monoisotopic (exact) mass is 316 g/mol. The molecule has 0 aromatic heterocycles. The van der Waals surface area contributed by atoms with Gasteiger partial charge >= 0.3 is 0 Å². The van der Waals surface area contributed by atoms with Crippen LogP contribution in [0.2, 0.25) is 0 Å². The zero-order chi connectivity index (χ0) is 16.8. The maximum Gasteiger partial charge on any atom is 0.244 e. The molecule has 0 spiro atoms. The molecule has 1 atom stereocenters. The summed E-state index contributed by atoms with van der Waals surface area (Å²) in [6.45, 7) is 0. The van der Waals surface area contributed by atoms with E-state index in [1.54, 1.807) is 24.3 Å². The van der Waals surface area contributed by atoms with Crippen molar-refractivity contribution in [1.29, 1.82) is 0 Å². The first-order chi connectivity index (χ1) is 11.0. The minimum atomic E-state index is -0.706. The summed E-state index contributed by atoms with van der Waals surface area (Å²) >= 11 is 0. The second kappa shape index (κ2) is 7.51. The van der Waals surface area contributed by atoms with Crippen LogP contribution in [0.15, 0.2) is 48.5 Å². The van der Waals surface area contributed by atoms with Crippen molar-refractivity contribution in [2.45, 2.75) is 12.8 Å². The number of halogens is 1. The van der Waals surface area contributed by atoms with Crippen molar-refractivity contribution in [3.8, 4) is 11.1 Å². The number of benzene rings is 2. The third-order valence-corrected chi connectivity index (χ3v) is 3.55. The van der Waals surface area contributed by atoms with E-state index in [-0.39, 0.29) is 18.7 Å². The molecule has 0 heterocycles. The Hall–Kier alpha value is -2.73. The highest BCUT2D eigenvalue weighted by molar-refractivity contribution is 5.84. The highest BCUT2D eigenvalue weighted by atomic mass is 19.1. The molecule has 0 saturated heterocycles. The van der Waals surface area contributed by atoms with Crippen molar-refractivity contribution in [1.82, 2.24) is 5.48 Å². The molecule has 2 aromatic rings. The lowest BCUT2D eigenvalue weighted by atomic mass is 9.94. The molecular formula is C17H17FN2O3. The summed E-state index contributed by atoms with van der Waals surface area (Å²) in [6, 6.07) is 13.5. The average molecular weight is 316 g/mol. The molecule has 2 rings (SSSR count). The van der Waals surface area contributed by atoms with Gasteiger partial charge in [0.05, 0.1) is 5.92 Å². The number of hydrogen-bond donors (Lipinski definition) is 3. The van der Waals surface area contributed by atoms with Crippen LogP contribution in [0, 0.1) is 11.7 Å². The van der Waals surface area contributed by atoms with Gasteiger partial charge in [0.1, 0.15) is 5.82 Å². The second-order valence-corrected chi connectivity index (χ2v) is 5.25. The van der Waals surface area contributed by atoms with Crippen LogP contribution in [-0.2, 0) is 16.0 Å². The molecule has 120 valence electrons. The molecule has 0 bridgehead atoms. The molecule has 0 fully saturated rings. The van der Waals surface area contributed by atoms with Crippen LogP contribution in [0.5, 0.6) is 0 Å². The molecule has 5 nitrogen and oxygen atoms in total. The quantitative estimate of drug-likeness (QED) is 0.562. The van der Waals surface area contributed by atoms with Gasteiger partial charge in [-0.05, 0) is 35.2 Å². The van der Waals surface area contributed by atoms with Crippen molar-refractivity contribution >= 4 is 11.8 Å². The third-order valence-electron chi connectivity index (χ3n) is 3.55. The Morgan fingerprint density at radius 1 is 1.13 bits per heavy atom. The number of nitrogens with one attached hydrogen (secondary N) is 1. The van der Waals surface area contributed by atoms with E-state index < -0.39 is 17.7 Å². The van der Waals surface area contributed by atoms with Gasteiger partial charge in [0, 0.05) is 6.42 Å². The summed E-state index contributed by atoms with van der Waals surface area (Å²) in [4.78, 5) is 22.6. The summed E-state index contributed by atoms with van der Waals surface area (Å²) in [5.74, 6) is -2.29. The largest absolute Gasteiger partial charge is 0.369 e. The van der Waals surface area contributed by atoms with Gasteiger partial charge in [-0.25, -0.2) is 9.87 Å². The van der Waals surface area contributed by atoms with E-state index >= 15 is 0 Å². The van der Waals surface area contributed by atoms with Crippen molar-refractivity contribution in [2.75, 3.05) is 0 Å². The number of carbonyl (C=O) groups excluding carboxylic acids is 2. The molecule has 6 heteroatoms. The fourth-order valence-corrected chi connectivity index (χ4v) is 2.33. The predicted octanol–water partition coefficient (Wildman–Crippen LogP) is 2.03. The summed E-state index contributed by atoms with van der Waals surface area (Å²) < 4.78 is 13.2. The standard InChI is InChI=1S/C17H17FN2O3/c18-15-3-1-2-13(9-15)12-6-4-11(5-7-12)8-14(17(19)22)10-16(21)20-23/h1-7,9,14,23H,8,10H2,(H2,19,22)(H,20,21)/t14-/m1/s1. The summed E-state index contributed by atoms with van der Waals surface area (Å²) in [5.41, 5.74) is 9.19. The Morgan fingerprint density at radius 3 is 2.39 bits per heavy atom. The Balaban J connectivity index is 2.12. The van der Waals surface area contributed by atoms with Gasteiger partial charge < -0.3 is 5.73 Å². The minimum absolute atomic E-state index is 0.183. The molecule has 2 amide bonds. The molecule has 2 aromatic carbocycles. The van der Waals surface area contributed by atoms with Crippen molar-refractivity contribution in [3.05, 3.63) is 59.9 Å². The Kier molecular flexibility index (Phi) is 5.43. The van der Waals surface area contributed by atoms with E-state index in [0.717, 1.165) is 16.7 Å². The molecular weight excluding hydrogens is 299 g/mol. The summed E-state index contributed by atoms with van der Waals surface area (Å²) in [6.07, 6.45) is 0.101. The molecule has 0 saturated carbocycles. The minimum Gasteiger partial charge on any atom is -0.369 e. The van der Waals surface area contributed by atoms with Gasteiger partial charge in [-0.1, -0.05) is 36.4 Å². The van der Waals surface area contributed by atoms with Crippen LogP contribution >= 0.6 is 0 Å². The number of hydroxylamine groups is 1. The SMILES string of the molecule is NC(=O)[C@@H](CC(=O)NO)Cc1ccc(-c2cccc(F)c2)cc1. The van der Waals surface area contributed by atoms with Crippen LogP contribution in [-0.4, -0.2) is 17.0 Å². The molecule has 0 unspecified atom stereocenters. The first kappa shape index (κ1) is 16.6. The summed E-state index contributed by atoms with van der Waals surface area (Å²) in [5, 5.41) is 8.53. The van der Waals surface area contributed by atoms with Crippen LogP contribution in [0.25, 0.3) is 11.1 Å². The van der Waals surface area contributed by atoms with Gasteiger partial charge in [0.2, 0.25) is 11.8 Å². The topological polar surface area (TPSA) is 92.4 Å². The third kappa shape index (κ3) is 4.62.